The Labute approximate surface area is 118 Å². The van der Waals surface area contributed by atoms with Gasteiger partial charge in [-0.2, -0.15) is 0 Å². The highest BCUT2D eigenvalue weighted by Gasteiger charge is 2.09. The minimum Gasteiger partial charge on any atom is -0.290 e. The zero-order chi connectivity index (χ0) is 13.2. The van der Waals surface area contributed by atoms with Crippen molar-refractivity contribution in [3.05, 3.63) is 51.9 Å². The molecule has 0 spiro atoms. The van der Waals surface area contributed by atoms with Crippen LogP contribution in [-0.2, 0) is 12.8 Å². The van der Waals surface area contributed by atoms with Crippen LogP contribution in [-0.4, -0.2) is 14.5 Å². The SMILES string of the molecule is Cn1c(SCc2ccccn2)nc2ccsc2c1=O. The number of thioether (sulfide) groups is 1. The quantitative estimate of drug-likeness (QED) is 0.549. The summed E-state index contributed by atoms with van der Waals surface area (Å²) in [7, 11) is 1.76. The molecule has 0 saturated carbocycles. The summed E-state index contributed by atoms with van der Waals surface area (Å²) in [6, 6.07) is 7.69. The third kappa shape index (κ3) is 2.41. The average molecular weight is 289 g/mol. The van der Waals surface area contributed by atoms with E-state index in [9.17, 15) is 4.79 Å². The molecule has 3 aromatic rings. The Balaban J connectivity index is 1.93. The van der Waals surface area contributed by atoms with Crippen molar-refractivity contribution in [1.29, 1.82) is 0 Å². The molecule has 3 aromatic heterocycles. The highest BCUT2D eigenvalue weighted by atomic mass is 32.2. The zero-order valence-electron chi connectivity index (χ0n) is 10.2. The highest BCUT2D eigenvalue weighted by Crippen LogP contribution is 2.22. The average Bonchev–Trinajstić information content (AvgIpc) is 2.91. The normalized spacial score (nSPS) is 11.0. The standard InChI is InChI=1S/C13H11N3OS2/c1-16-12(17)11-10(5-7-18-11)15-13(16)19-8-9-4-2-3-6-14-9/h2-7H,8H2,1H3. The van der Waals surface area contributed by atoms with Gasteiger partial charge in [-0.1, -0.05) is 17.8 Å². The van der Waals surface area contributed by atoms with Crippen LogP contribution in [0.2, 0.25) is 0 Å². The minimum atomic E-state index is 0.0171. The number of aromatic nitrogens is 3. The number of thiophene rings is 1. The van der Waals surface area contributed by atoms with Crippen molar-refractivity contribution in [3.63, 3.8) is 0 Å². The Morgan fingerprint density at radius 3 is 3.05 bits per heavy atom. The molecular weight excluding hydrogens is 278 g/mol. The summed E-state index contributed by atoms with van der Waals surface area (Å²) >= 11 is 2.96. The van der Waals surface area contributed by atoms with Crippen molar-refractivity contribution in [2.45, 2.75) is 10.9 Å². The number of nitrogens with zero attached hydrogens (tertiary/aromatic N) is 3. The first-order valence-corrected chi connectivity index (χ1v) is 7.59. The third-order valence-corrected chi connectivity index (χ3v) is 4.68. The lowest BCUT2D eigenvalue weighted by atomic mass is 10.4. The van der Waals surface area contributed by atoms with E-state index in [4.69, 9.17) is 0 Å². The van der Waals surface area contributed by atoms with E-state index < -0.39 is 0 Å². The van der Waals surface area contributed by atoms with Crippen LogP contribution < -0.4 is 5.56 Å². The van der Waals surface area contributed by atoms with Crippen molar-refractivity contribution in [1.82, 2.24) is 14.5 Å². The summed E-state index contributed by atoms with van der Waals surface area (Å²) in [6.07, 6.45) is 1.77. The van der Waals surface area contributed by atoms with Gasteiger partial charge in [0, 0.05) is 19.0 Å². The van der Waals surface area contributed by atoms with Crippen molar-refractivity contribution < 1.29 is 0 Å². The number of hydrogen-bond donors (Lipinski definition) is 0. The molecule has 0 saturated heterocycles. The van der Waals surface area contributed by atoms with Crippen molar-refractivity contribution in [3.8, 4) is 0 Å². The summed E-state index contributed by atoms with van der Waals surface area (Å²) in [5.74, 6) is 0.705. The highest BCUT2D eigenvalue weighted by molar-refractivity contribution is 7.98. The molecule has 0 unspecified atom stereocenters. The Kier molecular flexibility index (Phi) is 3.35. The van der Waals surface area contributed by atoms with Crippen LogP contribution in [0.3, 0.4) is 0 Å². The lowest BCUT2D eigenvalue weighted by molar-refractivity contribution is 0.727. The third-order valence-electron chi connectivity index (χ3n) is 2.72. The molecule has 0 amide bonds. The molecule has 0 aliphatic rings. The summed E-state index contributed by atoms with van der Waals surface area (Å²) in [5.41, 5.74) is 1.77. The van der Waals surface area contributed by atoms with Gasteiger partial charge in [-0.3, -0.25) is 14.3 Å². The number of rotatable bonds is 3. The molecule has 19 heavy (non-hydrogen) atoms. The van der Waals surface area contributed by atoms with Gasteiger partial charge in [0.05, 0.1) is 11.2 Å². The van der Waals surface area contributed by atoms with Crippen molar-refractivity contribution >= 4 is 33.3 Å². The molecule has 0 radical (unpaired) electrons. The van der Waals surface area contributed by atoms with E-state index in [1.807, 2.05) is 29.6 Å². The van der Waals surface area contributed by atoms with E-state index in [1.165, 1.54) is 23.1 Å². The molecule has 3 rings (SSSR count). The minimum absolute atomic E-state index is 0.0171. The first-order valence-electron chi connectivity index (χ1n) is 5.72. The van der Waals surface area contributed by atoms with Crippen LogP contribution in [0, 0.1) is 0 Å². The van der Waals surface area contributed by atoms with Gasteiger partial charge in [-0.15, -0.1) is 11.3 Å². The van der Waals surface area contributed by atoms with E-state index in [2.05, 4.69) is 9.97 Å². The summed E-state index contributed by atoms with van der Waals surface area (Å²) < 4.78 is 2.32. The maximum Gasteiger partial charge on any atom is 0.271 e. The second-order valence-corrected chi connectivity index (χ2v) is 5.86. The fourth-order valence-corrected chi connectivity index (χ4v) is 3.41. The smallest absolute Gasteiger partial charge is 0.271 e. The largest absolute Gasteiger partial charge is 0.290 e. The molecule has 0 aliphatic carbocycles. The van der Waals surface area contributed by atoms with E-state index >= 15 is 0 Å². The molecule has 6 heteroatoms. The molecule has 0 aliphatic heterocycles. The molecule has 0 bridgehead atoms. The Morgan fingerprint density at radius 2 is 2.26 bits per heavy atom. The van der Waals surface area contributed by atoms with Gasteiger partial charge in [-0.05, 0) is 23.6 Å². The van der Waals surface area contributed by atoms with Crippen LogP contribution in [0.1, 0.15) is 5.69 Å². The van der Waals surface area contributed by atoms with Gasteiger partial charge >= 0.3 is 0 Å². The van der Waals surface area contributed by atoms with Gasteiger partial charge in [0.25, 0.3) is 5.56 Å². The number of hydrogen-bond acceptors (Lipinski definition) is 5. The van der Waals surface area contributed by atoms with Crippen molar-refractivity contribution in [2.75, 3.05) is 0 Å². The Morgan fingerprint density at radius 1 is 1.37 bits per heavy atom. The summed E-state index contributed by atoms with van der Waals surface area (Å²) in [5, 5.41) is 2.62. The number of fused-ring (bicyclic) bond motifs is 1. The molecule has 0 fully saturated rings. The maximum absolute atomic E-state index is 12.1. The van der Waals surface area contributed by atoms with E-state index in [0.29, 0.717) is 10.5 Å². The second kappa shape index (κ2) is 5.14. The van der Waals surface area contributed by atoms with Gasteiger partial charge in [0.1, 0.15) is 4.70 Å². The van der Waals surface area contributed by atoms with Gasteiger partial charge in [0.15, 0.2) is 5.16 Å². The molecular formula is C13H11N3OS2. The topological polar surface area (TPSA) is 47.8 Å². The lowest BCUT2D eigenvalue weighted by Gasteiger charge is -2.06. The van der Waals surface area contributed by atoms with Crippen LogP contribution in [0.4, 0.5) is 0 Å². The predicted octanol–water partition coefficient (Wildman–Crippen LogP) is 2.68. The van der Waals surface area contributed by atoms with E-state index in [0.717, 1.165) is 16.4 Å². The molecule has 96 valence electrons. The van der Waals surface area contributed by atoms with Crippen LogP contribution >= 0.6 is 23.1 Å². The molecule has 4 nitrogen and oxygen atoms in total. The van der Waals surface area contributed by atoms with Gasteiger partial charge in [0.2, 0.25) is 0 Å². The monoisotopic (exact) mass is 289 g/mol. The molecule has 0 aromatic carbocycles. The predicted molar refractivity (Wildman–Crippen MR) is 78.7 cm³/mol. The molecule has 3 heterocycles. The number of pyridine rings is 1. The molecule has 0 atom stereocenters. The Bertz CT molecular complexity index is 764. The summed E-state index contributed by atoms with van der Waals surface area (Å²) in [4.78, 5) is 20.9. The van der Waals surface area contributed by atoms with Crippen LogP contribution in [0.5, 0.6) is 0 Å². The fraction of sp³-hybridized carbons (Fsp3) is 0.154. The lowest BCUT2D eigenvalue weighted by Crippen LogP contribution is -2.18. The van der Waals surface area contributed by atoms with E-state index in [-0.39, 0.29) is 5.56 Å². The first-order chi connectivity index (χ1) is 9.25. The fourth-order valence-electron chi connectivity index (χ4n) is 1.72. The summed E-state index contributed by atoms with van der Waals surface area (Å²) in [6.45, 7) is 0. The van der Waals surface area contributed by atoms with Crippen LogP contribution in [0.15, 0.2) is 45.8 Å². The maximum atomic E-state index is 12.1. The zero-order valence-corrected chi connectivity index (χ0v) is 11.9. The van der Waals surface area contributed by atoms with Gasteiger partial charge < -0.3 is 0 Å². The van der Waals surface area contributed by atoms with Crippen LogP contribution in [0.25, 0.3) is 10.2 Å². The van der Waals surface area contributed by atoms with E-state index in [1.54, 1.807) is 17.8 Å². The van der Waals surface area contributed by atoms with Gasteiger partial charge in [-0.25, -0.2) is 4.98 Å². The molecule has 0 N–H and O–H groups in total. The van der Waals surface area contributed by atoms with Crippen molar-refractivity contribution in [2.24, 2.45) is 7.05 Å². The first kappa shape index (κ1) is 12.4. The second-order valence-electron chi connectivity index (χ2n) is 4.00. The Hall–Kier alpha value is -1.66.